The smallest absolute Gasteiger partial charge is 0.0897 e. The monoisotopic (exact) mass is 187 g/mol. The van der Waals surface area contributed by atoms with Crippen LogP contribution in [0.5, 0.6) is 0 Å². The number of likely N-dealkylation sites (N-methyl/N-ethyl adjacent to an activating group) is 1. The van der Waals surface area contributed by atoms with Gasteiger partial charge in [-0.3, -0.25) is 0 Å². The lowest BCUT2D eigenvalue weighted by Gasteiger charge is -2.13. The first kappa shape index (κ1) is 11.0. The number of aliphatic hydroxyl groups excluding tert-OH is 1. The molecule has 1 unspecified atom stereocenters. The summed E-state index contributed by atoms with van der Waals surface area (Å²) < 4.78 is 5.44. The molecule has 2 N–H and O–H groups in total. The summed E-state index contributed by atoms with van der Waals surface area (Å²) in [6.45, 7) is 1.92. The highest BCUT2D eigenvalue weighted by Crippen LogP contribution is 2.24. The maximum Gasteiger partial charge on any atom is 0.0897 e. The third-order valence-electron chi connectivity index (χ3n) is 2.58. The molecule has 0 aliphatic heterocycles. The Morgan fingerprint density at radius 1 is 1.46 bits per heavy atom. The van der Waals surface area contributed by atoms with Crippen LogP contribution in [0.1, 0.15) is 25.7 Å². The van der Waals surface area contributed by atoms with Gasteiger partial charge in [0.15, 0.2) is 0 Å². The van der Waals surface area contributed by atoms with Crippen molar-refractivity contribution in [2.24, 2.45) is 5.92 Å². The molecule has 3 nitrogen and oxygen atoms in total. The van der Waals surface area contributed by atoms with Crippen LogP contribution in [0.4, 0.5) is 0 Å². The third-order valence-corrected chi connectivity index (χ3v) is 2.58. The molecule has 13 heavy (non-hydrogen) atoms. The van der Waals surface area contributed by atoms with Gasteiger partial charge in [-0.05, 0) is 25.8 Å². The number of rotatable bonds is 6. The normalized spacial score (nSPS) is 20.8. The Morgan fingerprint density at radius 2 is 2.15 bits per heavy atom. The number of hydrogen-bond acceptors (Lipinski definition) is 3. The van der Waals surface area contributed by atoms with Gasteiger partial charge in [0.25, 0.3) is 0 Å². The van der Waals surface area contributed by atoms with E-state index < -0.39 is 0 Å². The van der Waals surface area contributed by atoms with E-state index >= 15 is 0 Å². The van der Waals surface area contributed by atoms with Gasteiger partial charge in [0.2, 0.25) is 0 Å². The van der Waals surface area contributed by atoms with Gasteiger partial charge in [-0.25, -0.2) is 0 Å². The van der Waals surface area contributed by atoms with Crippen LogP contribution in [0.3, 0.4) is 0 Å². The fourth-order valence-electron chi connectivity index (χ4n) is 1.84. The molecule has 3 heteroatoms. The van der Waals surface area contributed by atoms with E-state index in [2.05, 4.69) is 5.32 Å². The molecule has 1 aliphatic carbocycles. The molecule has 0 radical (unpaired) electrons. The van der Waals surface area contributed by atoms with Gasteiger partial charge in [-0.15, -0.1) is 0 Å². The van der Waals surface area contributed by atoms with E-state index in [0.29, 0.717) is 13.2 Å². The molecule has 0 bridgehead atoms. The Labute approximate surface area is 80.5 Å². The molecule has 0 saturated heterocycles. The minimum absolute atomic E-state index is 0.355. The zero-order valence-electron chi connectivity index (χ0n) is 8.46. The van der Waals surface area contributed by atoms with E-state index in [4.69, 9.17) is 4.74 Å². The second-order valence-electron chi connectivity index (χ2n) is 3.90. The van der Waals surface area contributed by atoms with Gasteiger partial charge in [0.05, 0.1) is 12.7 Å². The van der Waals surface area contributed by atoms with Gasteiger partial charge in [-0.2, -0.15) is 0 Å². The summed E-state index contributed by atoms with van der Waals surface area (Å²) in [4.78, 5) is 0. The number of nitrogens with one attached hydrogen (secondary N) is 1. The molecule has 0 heterocycles. The van der Waals surface area contributed by atoms with Crippen LogP contribution in [0.15, 0.2) is 0 Å². The van der Waals surface area contributed by atoms with Crippen LogP contribution in [-0.2, 0) is 4.74 Å². The minimum atomic E-state index is -0.355. The lowest BCUT2D eigenvalue weighted by Crippen LogP contribution is -2.28. The fraction of sp³-hybridized carbons (Fsp3) is 1.00. The standard InChI is InChI=1S/C10H21NO2/c1-11-6-10(12)8-13-7-9-4-2-3-5-9/h9-12H,2-8H2,1H3. The molecule has 0 spiro atoms. The molecule has 0 aromatic rings. The van der Waals surface area contributed by atoms with Gasteiger partial charge in [0, 0.05) is 13.2 Å². The molecule has 1 saturated carbocycles. The van der Waals surface area contributed by atoms with E-state index in [9.17, 15) is 5.11 Å². The second-order valence-corrected chi connectivity index (χ2v) is 3.90. The highest BCUT2D eigenvalue weighted by molar-refractivity contribution is 4.66. The summed E-state index contributed by atoms with van der Waals surface area (Å²) in [5.41, 5.74) is 0. The van der Waals surface area contributed by atoms with Crippen molar-refractivity contribution in [2.45, 2.75) is 31.8 Å². The van der Waals surface area contributed by atoms with Gasteiger partial charge >= 0.3 is 0 Å². The lowest BCUT2D eigenvalue weighted by molar-refractivity contribution is 0.0232. The molecule has 1 atom stereocenters. The largest absolute Gasteiger partial charge is 0.389 e. The molecule has 1 fully saturated rings. The first-order valence-electron chi connectivity index (χ1n) is 5.23. The van der Waals surface area contributed by atoms with Crippen LogP contribution in [0, 0.1) is 5.92 Å². The Kier molecular flexibility index (Phi) is 5.35. The molecule has 0 aromatic carbocycles. The average Bonchev–Trinajstić information content (AvgIpc) is 2.57. The zero-order chi connectivity index (χ0) is 9.52. The number of ether oxygens (including phenoxy) is 1. The van der Waals surface area contributed by atoms with Gasteiger partial charge in [-0.1, -0.05) is 12.8 Å². The van der Waals surface area contributed by atoms with Crippen LogP contribution in [-0.4, -0.2) is 38.0 Å². The average molecular weight is 187 g/mol. The van der Waals surface area contributed by atoms with Crippen molar-refractivity contribution in [2.75, 3.05) is 26.8 Å². The molecule has 78 valence electrons. The number of aliphatic hydroxyl groups is 1. The lowest BCUT2D eigenvalue weighted by atomic mass is 10.1. The van der Waals surface area contributed by atoms with E-state index in [1.165, 1.54) is 25.7 Å². The Hall–Kier alpha value is -0.120. The quantitative estimate of drug-likeness (QED) is 0.645. The van der Waals surface area contributed by atoms with Crippen molar-refractivity contribution < 1.29 is 9.84 Å². The van der Waals surface area contributed by atoms with Crippen molar-refractivity contribution >= 4 is 0 Å². The van der Waals surface area contributed by atoms with Gasteiger partial charge in [0.1, 0.15) is 0 Å². The van der Waals surface area contributed by atoms with Crippen LogP contribution in [0.2, 0.25) is 0 Å². The Balaban J connectivity index is 1.93. The predicted molar refractivity (Wildman–Crippen MR) is 52.7 cm³/mol. The highest BCUT2D eigenvalue weighted by atomic mass is 16.5. The minimum Gasteiger partial charge on any atom is -0.389 e. The fourth-order valence-corrected chi connectivity index (χ4v) is 1.84. The zero-order valence-corrected chi connectivity index (χ0v) is 8.46. The summed E-state index contributed by atoms with van der Waals surface area (Å²) >= 11 is 0. The summed E-state index contributed by atoms with van der Waals surface area (Å²) in [6, 6.07) is 0. The molecular formula is C10H21NO2. The van der Waals surface area contributed by atoms with Crippen LogP contribution < -0.4 is 5.32 Å². The van der Waals surface area contributed by atoms with Crippen molar-refractivity contribution in [1.29, 1.82) is 0 Å². The van der Waals surface area contributed by atoms with E-state index in [0.717, 1.165) is 12.5 Å². The van der Waals surface area contributed by atoms with E-state index in [1.54, 1.807) is 0 Å². The Bertz CT molecular complexity index is 124. The first-order valence-corrected chi connectivity index (χ1v) is 5.23. The molecule has 0 amide bonds. The molecule has 1 rings (SSSR count). The maximum absolute atomic E-state index is 9.34. The SMILES string of the molecule is CNCC(O)COCC1CCCC1. The summed E-state index contributed by atoms with van der Waals surface area (Å²) in [6.07, 6.45) is 4.97. The third kappa shape index (κ3) is 4.60. The van der Waals surface area contributed by atoms with Crippen LogP contribution >= 0.6 is 0 Å². The van der Waals surface area contributed by atoms with Crippen molar-refractivity contribution in [3.63, 3.8) is 0 Å². The summed E-state index contributed by atoms with van der Waals surface area (Å²) in [7, 11) is 1.83. The molecular weight excluding hydrogens is 166 g/mol. The van der Waals surface area contributed by atoms with Crippen molar-refractivity contribution in [1.82, 2.24) is 5.32 Å². The number of hydrogen-bond donors (Lipinski definition) is 2. The second kappa shape index (κ2) is 6.35. The summed E-state index contributed by atoms with van der Waals surface area (Å²) in [5.74, 6) is 0.752. The molecule has 1 aliphatic rings. The predicted octanol–water partition coefficient (Wildman–Crippen LogP) is 0.773. The topological polar surface area (TPSA) is 41.5 Å². The Morgan fingerprint density at radius 3 is 2.77 bits per heavy atom. The van der Waals surface area contributed by atoms with Crippen molar-refractivity contribution in [3.8, 4) is 0 Å². The molecule has 0 aromatic heterocycles. The highest BCUT2D eigenvalue weighted by Gasteiger charge is 2.15. The van der Waals surface area contributed by atoms with Crippen LogP contribution in [0.25, 0.3) is 0 Å². The van der Waals surface area contributed by atoms with E-state index in [1.807, 2.05) is 7.05 Å². The first-order chi connectivity index (χ1) is 6.33. The maximum atomic E-state index is 9.34. The summed E-state index contributed by atoms with van der Waals surface area (Å²) in [5, 5.41) is 12.3. The van der Waals surface area contributed by atoms with Crippen molar-refractivity contribution in [3.05, 3.63) is 0 Å². The van der Waals surface area contributed by atoms with E-state index in [-0.39, 0.29) is 6.10 Å². The van der Waals surface area contributed by atoms with Gasteiger partial charge < -0.3 is 15.2 Å².